The molecule has 7 heteroatoms. The molecular formula is C26H47N5OSi. The van der Waals surface area contributed by atoms with Crippen molar-refractivity contribution in [3.05, 3.63) is 30.1 Å². The first-order chi connectivity index (χ1) is 16.2. The summed E-state index contributed by atoms with van der Waals surface area (Å²) >= 11 is 0. The van der Waals surface area contributed by atoms with E-state index in [4.69, 9.17) is 0 Å². The van der Waals surface area contributed by atoms with Crippen LogP contribution >= 0.6 is 0 Å². The van der Waals surface area contributed by atoms with Crippen LogP contribution in [0.2, 0.25) is 6.55 Å². The summed E-state index contributed by atoms with van der Waals surface area (Å²) in [5.41, 5.74) is 0.977. The molecule has 2 aliphatic rings. The van der Waals surface area contributed by atoms with Crippen molar-refractivity contribution in [1.29, 1.82) is 0 Å². The molecule has 0 unspecified atom stereocenters. The first-order valence-electron chi connectivity index (χ1n) is 13.6. The van der Waals surface area contributed by atoms with E-state index in [1.807, 2.05) is 18.2 Å². The molecule has 4 N–H and O–H groups in total. The SMILES string of the molecule is C[SiH2][C@H](NCc1ccccn1)C(=O)NC[C@H]1CC[C@H](CNCCCNC2CCCCC2)CC1. The van der Waals surface area contributed by atoms with Gasteiger partial charge in [-0.05, 0) is 88.5 Å². The van der Waals surface area contributed by atoms with Gasteiger partial charge in [0.05, 0.1) is 11.4 Å². The number of rotatable bonds is 14. The lowest BCUT2D eigenvalue weighted by molar-refractivity contribution is -0.121. The third kappa shape index (κ3) is 10.2. The highest BCUT2D eigenvalue weighted by atomic mass is 28.2. The molecule has 0 radical (unpaired) electrons. The molecule has 1 aromatic rings. The monoisotopic (exact) mass is 473 g/mol. The first-order valence-corrected chi connectivity index (χ1v) is 15.8. The Hall–Kier alpha value is -1.28. The number of aromatic nitrogens is 1. The number of nitrogens with zero attached hydrogens (tertiary/aromatic N) is 1. The molecule has 1 atom stereocenters. The molecule has 0 aliphatic heterocycles. The molecule has 6 nitrogen and oxygen atoms in total. The third-order valence-electron chi connectivity index (χ3n) is 7.51. The van der Waals surface area contributed by atoms with Crippen molar-refractivity contribution in [3.63, 3.8) is 0 Å². The highest BCUT2D eigenvalue weighted by Crippen LogP contribution is 2.28. The van der Waals surface area contributed by atoms with Gasteiger partial charge in [0, 0.05) is 34.8 Å². The van der Waals surface area contributed by atoms with E-state index in [2.05, 4.69) is 32.8 Å². The van der Waals surface area contributed by atoms with Crippen LogP contribution in [-0.4, -0.2) is 58.3 Å². The van der Waals surface area contributed by atoms with Gasteiger partial charge >= 0.3 is 0 Å². The summed E-state index contributed by atoms with van der Waals surface area (Å²) in [6.07, 6.45) is 15.1. The van der Waals surface area contributed by atoms with Gasteiger partial charge in [-0.1, -0.05) is 31.9 Å². The van der Waals surface area contributed by atoms with Crippen LogP contribution in [0.25, 0.3) is 0 Å². The maximum absolute atomic E-state index is 12.7. The molecule has 1 aromatic heterocycles. The maximum atomic E-state index is 12.7. The molecular weight excluding hydrogens is 426 g/mol. The van der Waals surface area contributed by atoms with Crippen LogP contribution in [0.1, 0.15) is 69.9 Å². The zero-order chi connectivity index (χ0) is 23.1. The van der Waals surface area contributed by atoms with Crippen LogP contribution < -0.4 is 21.3 Å². The van der Waals surface area contributed by atoms with E-state index in [1.54, 1.807) is 6.20 Å². The largest absolute Gasteiger partial charge is 0.355 e. The van der Waals surface area contributed by atoms with Gasteiger partial charge in [0.25, 0.3) is 0 Å². The minimum atomic E-state index is -0.479. The average molecular weight is 474 g/mol. The standard InChI is InChI=1S/C26H47N5OSi/c1-33-26(31-20-24-10-5-6-16-29-24)25(32)30-19-22-13-11-21(12-14-22)18-27-15-7-17-28-23-8-3-2-4-9-23/h5-6,10,16,21-23,26-28,31H,2-4,7-9,11-15,17-20,33H2,1H3,(H,30,32)/t21-,22-,26-/m0/s1. The van der Waals surface area contributed by atoms with Crippen LogP contribution in [0.4, 0.5) is 0 Å². The first kappa shape index (κ1) is 26.3. The van der Waals surface area contributed by atoms with Crippen LogP contribution in [0.5, 0.6) is 0 Å². The normalized spacial score (nSPS) is 23.1. The van der Waals surface area contributed by atoms with E-state index in [1.165, 1.54) is 64.2 Å². The predicted octanol–water partition coefficient (Wildman–Crippen LogP) is 2.54. The Morgan fingerprint density at radius 2 is 1.79 bits per heavy atom. The lowest BCUT2D eigenvalue weighted by Crippen LogP contribution is -2.48. The van der Waals surface area contributed by atoms with Crippen molar-refractivity contribution in [1.82, 2.24) is 26.3 Å². The Morgan fingerprint density at radius 3 is 2.48 bits per heavy atom. The summed E-state index contributed by atoms with van der Waals surface area (Å²) in [5.74, 6) is 1.63. The topological polar surface area (TPSA) is 78.1 Å². The Balaban J connectivity index is 1.20. The molecule has 0 aromatic carbocycles. The van der Waals surface area contributed by atoms with Crippen molar-refractivity contribution >= 4 is 15.4 Å². The molecule has 2 fully saturated rings. The van der Waals surface area contributed by atoms with Crippen molar-refractivity contribution in [3.8, 4) is 0 Å². The predicted molar refractivity (Wildman–Crippen MR) is 140 cm³/mol. The van der Waals surface area contributed by atoms with Crippen molar-refractivity contribution in [2.45, 2.75) is 89.0 Å². The van der Waals surface area contributed by atoms with Gasteiger partial charge in [-0.2, -0.15) is 0 Å². The van der Waals surface area contributed by atoms with Crippen LogP contribution in [0, 0.1) is 11.8 Å². The number of amides is 1. The highest BCUT2D eigenvalue weighted by molar-refractivity contribution is 6.42. The average Bonchev–Trinajstić information content (AvgIpc) is 2.87. The number of carbonyl (C=O) groups excluding carboxylic acids is 1. The van der Waals surface area contributed by atoms with Crippen LogP contribution in [0.15, 0.2) is 24.4 Å². The summed E-state index contributed by atoms with van der Waals surface area (Å²) in [5, 5.41) is 14.1. The molecule has 2 saturated carbocycles. The number of hydrogen-bond donors (Lipinski definition) is 4. The van der Waals surface area contributed by atoms with Crippen LogP contribution in [-0.2, 0) is 11.3 Å². The van der Waals surface area contributed by atoms with E-state index < -0.39 is 9.52 Å². The zero-order valence-corrected chi connectivity index (χ0v) is 22.2. The molecule has 0 spiro atoms. The Morgan fingerprint density at radius 1 is 1.03 bits per heavy atom. The smallest absolute Gasteiger partial charge is 0.233 e. The van der Waals surface area contributed by atoms with E-state index >= 15 is 0 Å². The number of carbonyl (C=O) groups is 1. The third-order valence-corrected chi connectivity index (χ3v) is 8.99. The highest BCUT2D eigenvalue weighted by Gasteiger charge is 2.23. The molecule has 0 bridgehead atoms. The Kier molecular flexibility index (Phi) is 12.4. The minimum absolute atomic E-state index is 0.0138. The quantitative estimate of drug-likeness (QED) is 0.247. The molecule has 2 aliphatic carbocycles. The minimum Gasteiger partial charge on any atom is -0.355 e. The molecule has 0 saturated heterocycles. The van der Waals surface area contributed by atoms with E-state index in [0.717, 1.165) is 43.8 Å². The van der Waals surface area contributed by atoms with Gasteiger partial charge in [0.2, 0.25) is 5.91 Å². The lowest BCUT2D eigenvalue weighted by atomic mass is 9.82. The van der Waals surface area contributed by atoms with E-state index in [9.17, 15) is 4.79 Å². The van der Waals surface area contributed by atoms with E-state index in [0.29, 0.717) is 12.5 Å². The van der Waals surface area contributed by atoms with Gasteiger partial charge in [0.1, 0.15) is 0 Å². The summed E-state index contributed by atoms with van der Waals surface area (Å²) in [6.45, 7) is 7.13. The van der Waals surface area contributed by atoms with Crippen molar-refractivity contribution in [2.24, 2.45) is 11.8 Å². The van der Waals surface area contributed by atoms with Gasteiger partial charge in [-0.15, -0.1) is 0 Å². The zero-order valence-electron chi connectivity index (χ0n) is 20.8. The maximum Gasteiger partial charge on any atom is 0.233 e. The summed E-state index contributed by atoms with van der Waals surface area (Å²) in [7, 11) is -0.479. The van der Waals surface area contributed by atoms with Crippen LogP contribution in [0.3, 0.4) is 0 Å². The second-order valence-corrected chi connectivity index (χ2v) is 11.8. The van der Waals surface area contributed by atoms with Gasteiger partial charge in [0.15, 0.2) is 0 Å². The van der Waals surface area contributed by atoms with Gasteiger partial charge < -0.3 is 21.3 Å². The molecule has 186 valence electrons. The molecule has 1 amide bonds. The lowest BCUT2D eigenvalue weighted by Gasteiger charge is -2.29. The Labute approximate surface area is 203 Å². The molecule has 33 heavy (non-hydrogen) atoms. The fourth-order valence-electron chi connectivity index (χ4n) is 5.29. The Bertz CT molecular complexity index is 647. The van der Waals surface area contributed by atoms with Crippen molar-refractivity contribution in [2.75, 3.05) is 26.2 Å². The summed E-state index contributed by atoms with van der Waals surface area (Å²) < 4.78 is 0. The molecule has 1 heterocycles. The fraction of sp³-hybridized carbons (Fsp3) is 0.769. The second kappa shape index (κ2) is 15.6. The van der Waals surface area contributed by atoms with E-state index in [-0.39, 0.29) is 11.6 Å². The summed E-state index contributed by atoms with van der Waals surface area (Å²) in [4.78, 5) is 17.0. The summed E-state index contributed by atoms with van der Waals surface area (Å²) in [6, 6.07) is 6.69. The van der Waals surface area contributed by atoms with Gasteiger partial charge in [-0.3, -0.25) is 9.78 Å². The number of nitrogens with one attached hydrogen (secondary N) is 4. The van der Waals surface area contributed by atoms with Crippen molar-refractivity contribution < 1.29 is 4.79 Å². The fourth-order valence-corrected chi connectivity index (χ4v) is 6.24. The number of pyridine rings is 1. The molecule has 3 rings (SSSR count). The second-order valence-electron chi connectivity index (χ2n) is 10.1. The number of hydrogen-bond acceptors (Lipinski definition) is 5. The van der Waals surface area contributed by atoms with Gasteiger partial charge in [-0.25, -0.2) is 0 Å².